The van der Waals surface area contributed by atoms with E-state index in [-0.39, 0.29) is 0 Å². The van der Waals surface area contributed by atoms with Crippen LogP contribution in [0.1, 0.15) is 24.4 Å². The summed E-state index contributed by atoms with van der Waals surface area (Å²) in [6.07, 6.45) is 7.29. The maximum absolute atomic E-state index is 5.84. The molecule has 3 nitrogen and oxygen atoms in total. The van der Waals surface area contributed by atoms with E-state index < -0.39 is 0 Å². The number of nitrogens with zero attached hydrogens (tertiary/aromatic N) is 2. The van der Waals surface area contributed by atoms with Gasteiger partial charge in [-0.3, -0.25) is 4.68 Å². The Morgan fingerprint density at radius 1 is 1.29 bits per heavy atom. The van der Waals surface area contributed by atoms with Crippen LogP contribution in [0.4, 0.5) is 0 Å². The van der Waals surface area contributed by atoms with Crippen LogP contribution in [0.3, 0.4) is 0 Å². The summed E-state index contributed by atoms with van der Waals surface area (Å²) in [6.45, 7) is 0.712. The molecule has 1 fully saturated rings. The van der Waals surface area contributed by atoms with Gasteiger partial charge in [-0.15, -0.1) is 0 Å². The van der Waals surface area contributed by atoms with Crippen LogP contribution in [0.5, 0.6) is 0 Å². The Morgan fingerprint density at radius 2 is 2.12 bits per heavy atom. The van der Waals surface area contributed by atoms with Crippen molar-refractivity contribution in [2.45, 2.75) is 31.6 Å². The molecule has 0 unspecified atom stereocenters. The fraction of sp³-hybridized carbons (Fsp3) is 0.357. The Hall–Kier alpha value is -1.61. The lowest BCUT2D eigenvalue weighted by atomic mass is 9.89. The molecule has 0 aliphatic heterocycles. The molecule has 1 aliphatic rings. The van der Waals surface area contributed by atoms with Crippen molar-refractivity contribution in [2.75, 3.05) is 0 Å². The van der Waals surface area contributed by atoms with E-state index in [1.807, 2.05) is 35.1 Å². The molecule has 0 amide bonds. The van der Waals surface area contributed by atoms with Crippen LogP contribution >= 0.6 is 0 Å². The summed E-state index contributed by atoms with van der Waals surface area (Å²) in [6, 6.07) is 12.7. The fourth-order valence-corrected chi connectivity index (χ4v) is 2.12. The molecular formula is C14H15N2O. The SMILES string of the molecule is [c]1ccn(C2CC(OCc3ccccc3)C2)n1. The van der Waals surface area contributed by atoms with E-state index in [4.69, 9.17) is 4.74 Å². The average molecular weight is 227 g/mol. The highest BCUT2D eigenvalue weighted by atomic mass is 16.5. The third kappa shape index (κ3) is 2.39. The van der Waals surface area contributed by atoms with E-state index in [9.17, 15) is 0 Å². The molecule has 0 spiro atoms. The summed E-state index contributed by atoms with van der Waals surface area (Å²) in [5.41, 5.74) is 1.24. The second-order valence-corrected chi connectivity index (χ2v) is 4.47. The minimum Gasteiger partial charge on any atom is -0.373 e. The maximum Gasteiger partial charge on any atom is 0.113 e. The lowest BCUT2D eigenvalue weighted by Crippen LogP contribution is -2.33. The zero-order valence-corrected chi connectivity index (χ0v) is 9.62. The van der Waals surface area contributed by atoms with Crippen molar-refractivity contribution in [3.63, 3.8) is 0 Å². The third-order valence-electron chi connectivity index (χ3n) is 3.25. The smallest absolute Gasteiger partial charge is 0.113 e. The molecule has 0 N–H and O–H groups in total. The Morgan fingerprint density at radius 3 is 2.82 bits per heavy atom. The molecule has 1 aromatic carbocycles. The van der Waals surface area contributed by atoms with Crippen molar-refractivity contribution in [2.24, 2.45) is 0 Å². The second-order valence-electron chi connectivity index (χ2n) is 4.47. The first-order valence-corrected chi connectivity index (χ1v) is 5.98. The summed E-state index contributed by atoms with van der Waals surface area (Å²) >= 11 is 0. The van der Waals surface area contributed by atoms with E-state index in [1.165, 1.54) is 5.56 Å². The van der Waals surface area contributed by atoms with E-state index in [1.54, 1.807) is 0 Å². The minimum atomic E-state index is 0.379. The van der Waals surface area contributed by atoms with Crippen LogP contribution in [0.15, 0.2) is 42.6 Å². The van der Waals surface area contributed by atoms with Gasteiger partial charge in [0, 0.05) is 6.20 Å². The predicted molar refractivity (Wildman–Crippen MR) is 64.4 cm³/mol. The number of aromatic nitrogens is 2. The van der Waals surface area contributed by atoms with Crippen molar-refractivity contribution in [3.05, 3.63) is 54.4 Å². The van der Waals surface area contributed by atoms with Crippen LogP contribution in [0.25, 0.3) is 0 Å². The molecule has 87 valence electrons. The van der Waals surface area contributed by atoms with Gasteiger partial charge in [0.25, 0.3) is 0 Å². The topological polar surface area (TPSA) is 27.1 Å². The van der Waals surface area contributed by atoms with Crippen molar-refractivity contribution in [1.82, 2.24) is 9.78 Å². The van der Waals surface area contributed by atoms with Crippen LogP contribution in [0, 0.1) is 6.20 Å². The van der Waals surface area contributed by atoms with Crippen LogP contribution in [0.2, 0.25) is 0 Å². The first-order chi connectivity index (χ1) is 8.42. The van der Waals surface area contributed by atoms with E-state index in [0.717, 1.165) is 12.8 Å². The molecule has 1 radical (unpaired) electrons. The number of rotatable bonds is 4. The zero-order chi connectivity index (χ0) is 11.5. The monoisotopic (exact) mass is 227 g/mol. The quantitative estimate of drug-likeness (QED) is 0.802. The number of hydrogen-bond donors (Lipinski definition) is 0. The molecule has 0 atom stereocenters. The Labute approximate surface area is 101 Å². The molecule has 1 saturated carbocycles. The second kappa shape index (κ2) is 4.72. The normalized spacial score (nSPS) is 23.3. The van der Waals surface area contributed by atoms with Crippen LogP contribution in [-0.4, -0.2) is 15.9 Å². The van der Waals surface area contributed by atoms with Crippen molar-refractivity contribution < 1.29 is 4.74 Å². The van der Waals surface area contributed by atoms with E-state index >= 15 is 0 Å². The standard InChI is InChI=1S/C14H15N2O/c1-2-5-12(6-3-1)11-17-14-9-13(10-14)16-8-4-7-15-16/h1-6,8,13-14H,9-11H2. The van der Waals surface area contributed by atoms with Crippen molar-refractivity contribution >= 4 is 0 Å². The van der Waals surface area contributed by atoms with Gasteiger partial charge in [0.15, 0.2) is 0 Å². The molecule has 3 rings (SSSR count). The highest BCUT2D eigenvalue weighted by Crippen LogP contribution is 2.34. The van der Waals surface area contributed by atoms with Gasteiger partial charge in [-0.05, 0) is 24.5 Å². The average Bonchev–Trinajstić information content (AvgIpc) is 2.82. The molecule has 1 heterocycles. The molecule has 3 heteroatoms. The largest absolute Gasteiger partial charge is 0.373 e. The maximum atomic E-state index is 5.84. The van der Waals surface area contributed by atoms with Gasteiger partial charge >= 0.3 is 0 Å². The predicted octanol–water partition coefficient (Wildman–Crippen LogP) is 2.60. The Kier molecular flexibility index (Phi) is 2.92. The zero-order valence-electron chi connectivity index (χ0n) is 9.62. The first-order valence-electron chi connectivity index (χ1n) is 5.98. The van der Waals surface area contributed by atoms with Crippen LogP contribution in [-0.2, 0) is 11.3 Å². The highest BCUT2D eigenvalue weighted by Gasteiger charge is 2.31. The Balaban J connectivity index is 1.45. The van der Waals surface area contributed by atoms with Crippen molar-refractivity contribution in [3.8, 4) is 0 Å². The molecule has 0 bridgehead atoms. The lowest BCUT2D eigenvalue weighted by molar-refractivity contribution is -0.0384. The molecule has 0 saturated heterocycles. The minimum absolute atomic E-state index is 0.379. The molecule has 1 aliphatic carbocycles. The number of ether oxygens (including phenoxy) is 1. The summed E-state index contributed by atoms with van der Waals surface area (Å²) in [7, 11) is 0. The van der Waals surface area contributed by atoms with Gasteiger partial charge in [0.05, 0.1) is 18.8 Å². The van der Waals surface area contributed by atoms with Gasteiger partial charge < -0.3 is 4.74 Å². The van der Waals surface area contributed by atoms with Gasteiger partial charge in [-0.25, -0.2) is 0 Å². The van der Waals surface area contributed by atoms with Gasteiger partial charge in [-0.1, -0.05) is 30.3 Å². The van der Waals surface area contributed by atoms with E-state index in [2.05, 4.69) is 23.4 Å². The summed E-state index contributed by atoms with van der Waals surface area (Å²) in [5, 5.41) is 4.13. The summed E-state index contributed by atoms with van der Waals surface area (Å²) in [4.78, 5) is 0. The summed E-state index contributed by atoms with van der Waals surface area (Å²) < 4.78 is 7.82. The Bertz CT molecular complexity index is 446. The van der Waals surface area contributed by atoms with Crippen molar-refractivity contribution in [1.29, 1.82) is 0 Å². The molecule has 2 aromatic rings. The lowest BCUT2D eigenvalue weighted by Gasteiger charge is -2.35. The summed E-state index contributed by atoms with van der Waals surface area (Å²) in [5.74, 6) is 0. The highest BCUT2D eigenvalue weighted by molar-refractivity contribution is 5.13. The number of benzene rings is 1. The number of hydrogen-bond acceptors (Lipinski definition) is 2. The van der Waals surface area contributed by atoms with Gasteiger partial charge in [0.1, 0.15) is 6.20 Å². The third-order valence-corrected chi connectivity index (χ3v) is 3.25. The van der Waals surface area contributed by atoms with E-state index in [0.29, 0.717) is 18.8 Å². The fourth-order valence-electron chi connectivity index (χ4n) is 2.12. The molecular weight excluding hydrogens is 212 g/mol. The molecule has 1 aromatic heterocycles. The van der Waals surface area contributed by atoms with Crippen LogP contribution < -0.4 is 0 Å². The molecule has 17 heavy (non-hydrogen) atoms. The van der Waals surface area contributed by atoms with Gasteiger partial charge in [0.2, 0.25) is 0 Å². The first kappa shape index (κ1) is 10.5. The van der Waals surface area contributed by atoms with Gasteiger partial charge in [-0.2, -0.15) is 5.10 Å².